The smallest absolute Gasteiger partial charge is 0.107 e. The molecule has 1 N–H and O–H groups in total. The minimum absolute atomic E-state index is 0.168. The summed E-state index contributed by atoms with van der Waals surface area (Å²) in [7, 11) is 0. The molecule has 0 amide bonds. The van der Waals surface area contributed by atoms with Crippen molar-refractivity contribution in [2.45, 2.75) is 52.5 Å². The fourth-order valence-corrected chi connectivity index (χ4v) is 3.62. The van der Waals surface area contributed by atoms with Gasteiger partial charge in [0.05, 0.1) is 5.69 Å². The number of nitrogens with one attached hydrogen (secondary N) is 1. The standard InChI is InChI=1S/C16H29N3S/c1-5-19-8-6-13(7-9-19)10-17-11-15-18-14(12-20-15)16(2,3)4/h12-13,17H,5-11H2,1-4H3. The number of rotatable bonds is 5. The number of nitrogens with zero attached hydrogens (tertiary/aromatic N) is 2. The highest BCUT2D eigenvalue weighted by molar-refractivity contribution is 7.09. The van der Waals surface area contributed by atoms with Crippen molar-refractivity contribution >= 4 is 11.3 Å². The van der Waals surface area contributed by atoms with Gasteiger partial charge in [0, 0.05) is 17.3 Å². The van der Waals surface area contributed by atoms with Gasteiger partial charge in [0.15, 0.2) is 0 Å². The number of hydrogen-bond acceptors (Lipinski definition) is 4. The van der Waals surface area contributed by atoms with Crippen LogP contribution >= 0.6 is 11.3 Å². The predicted octanol–water partition coefficient (Wildman–Crippen LogP) is 3.26. The van der Waals surface area contributed by atoms with Crippen molar-refractivity contribution in [3.63, 3.8) is 0 Å². The second kappa shape index (κ2) is 7.01. The summed E-state index contributed by atoms with van der Waals surface area (Å²) in [6.45, 7) is 14.7. The molecule has 0 saturated carbocycles. The van der Waals surface area contributed by atoms with Crippen molar-refractivity contribution in [2.75, 3.05) is 26.2 Å². The molecular weight excluding hydrogens is 266 g/mol. The second-order valence-corrected chi connectivity index (χ2v) is 7.83. The molecule has 0 aliphatic carbocycles. The van der Waals surface area contributed by atoms with Gasteiger partial charge in [-0.25, -0.2) is 4.98 Å². The Bertz CT molecular complexity index is 400. The first-order chi connectivity index (χ1) is 9.49. The molecule has 2 heterocycles. The van der Waals surface area contributed by atoms with Gasteiger partial charge in [-0.2, -0.15) is 0 Å². The quantitative estimate of drug-likeness (QED) is 0.903. The lowest BCUT2D eigenvalue weighted by molar-refractivity contribution is 0.190. The highest BCUT2D eigenvalue weighted by Crippen LogP contribution is 2.24. The summed E-state index contributed by atoms with van der Waals surface area (Å²) in [6, 6.07) is 0. The first-order valence-corrected chi connectivity index (χ1v) is 8.75. The fraction of sp³-hybridized carbons (Fsp3) is 0.812. The molecule has 1 aromatic heterocycles. The van der Waals surface area contributed by atoms with Crippen molar-refractivity contribution in [2.24, 2.45) is 5.92 Å². The van der Waals surface area contributed by atoms with Crippen LogP contribution in [0.2, 0.25) is 0 Å². The van der Waals surface area contributed by atoms with Crippen LogP contribution in [0.1, 0.15) is 51.2 Å². The largest absolute Gasteiger partial charge is 0.310 e. The molecule has 1 fully saturated rings. The molecule has 1 aromatic rings. The van der Waals surface area contributed by atoms with E-state index in [0.717, 1.165) is 19.0 Å². The Morgan fingerprint density at radius 1 is 1.35 bits per heavy atom. The molecule has 0 bridgehead atoms. The normalized spacial score (nSPS) is 18.6. The van der Waals surface area contributed by atoms with Crippen molar-refractivity contribution in [3.8, 4) is 0 Å². The zero-order valence-corrected chi connectivity index (χ0v) is 14.2. The average Bonchev–Trinajstić information content (AvgIpc) is 2.88. The van der Waals surface area contributed by atoms with Crippen LogP contribution in [-0.2, 0) is 12.0 Å². The summed E-state index contributed by atoms with van der Waals surface area (Å²) < 4.78 is 0. The Morgan fingerprint density at radius 2 is 2.05 bits per heavy atom. The zero-order valence-electron chi connectivity index (χ0n) is 13.4. The van der Waals surface area contributed by atoms with E-state index in [1.165, 1.54) is 43.2 Å². The highest BCUT2D eigenvalue weighted by atomic mass is 32.1. The number of likely N-dealkylation sites (tertiary alicyclic amines) is 1. The van der Waals surface area contributed by atoms with Crippen molar-refractivity contribution in [1.29, 1.82) is 0 Å². The molecule has 0 aromatic carbocycles. The maximum Gasteiger partial charge on any atom is 0.107 e. The molecule has 1 aliphatic heterocycles. The summed E-state index contributed by atoms with van der Waals surface area (Å²) in [4.78, 5) is 7.29. The van der Waals surface area contributed by atoms with Crippen molar-refractivity contribution < 1.29 is 0 Å². The minimum atomic E-state index is 0.168. The third kappa shape index (κ3) is 4.54. The van der Waals surface area contributed by atoms with Gasteiger partial charge in [0.2, 0.25) is 0 Å². The first kappa shape index (κ1) is 15.9. The lowest BCUT2D eigenvalue weighted by Crippen LogP contribution is -2.36. The zero-order chi connectivity index (χ0) is 14.6. The molecule has 2 rings (SSSR count). The SMILES string of the molecule is CCN1CCC(CNCc2nc(C(C)(C)C)cs2)CC1. The van der Waals surface area contributed by atoms with Crippen LogP contribution in [0.15, 0.2) is 5.38 Å². The van der Waals surface area contributed by atoms with Gasteiger partial charge in [-0.05, 0) is 44.9 Å². The summed E-state index contributed by atoms with van der Waals surface area (Å²) in [6.07, 6.45) is 2.68. The van der Waals surface area contributed by atoms with Gasteiger partial charge < -0.3 is 10.2 Å². The monoisotopic (exact) mass is 295 g/mol. The maximum atomic E-state index is 4.74. The van der Waals surface area contributed by atoms with Gasteiger partial charge in [0.25, 0.3) is 0 Å². The lowest BCUT2D eigenvalue weighted by atomic mass is 9.93. The van der Waals surface area contributed by atoms with Gasteiger partial charge in [-0.1, -0.05) is 27.7 Å². The Kier molecular flexibility index (Phi) is 5.58. The van der Waals surface area contributed by atoms with E-state index in [1.807, 2.05) is 0 Å². The molecule has 0 radical (unpaired) electrons. The van der Waals surface area contributed by atoms with E-state index in [2.05, 4.69) is 43.3 Å². The van der Waals surface area contributed by atoms with E-state index < -0.39 is 0 Å². The molecule has 0 unspecified atom stereocenters. The topological polar surface area (TPSA) is 28.2 Å². The van der Waals surface area contributed by atoms with Crippen LogP contribution in [0.5, 0.6) is 0 Å². The van der Waals surface area contributed by atoms with Crippen LogP contribution in [0.3, 0.4) is 0 Å². The summed E-state index contributed by atoms with van der Waals surface area (Å²) in [5, 5.41) is 7.03. The summed E-state index contributed by atoms with van der Waals surface area (Å²) in [5.41, 5.74) is 1.39. The molecule has 20 heavy (non-hydrogen) atoms. The molecule has 1 aliphatic rings. The van der Waals surface area contributed by atoms with Crippen LogP contribution in [0, 0.1) is 5.92 Å². The van der Waals surface area contributed by atoms with Crippen molar-refractivity contribution in [1.82, 2.24) is 15.2 Å². The van der Waals surface area contributed by atoms with E-state index in [4.69, 9.17) is 4.98 Å². The van der Waals surface area contributed by atoms with E-state index in [0.29, 0.717) is 0 Å². The molecule has 1 saturated heterocycles. The van der Waals surface area contributed by atoms with E-state index in [-0.39, 0.29) is 5.41 Å². The maximum absolute atomic E-state index is 4.74. The molecular formula is C16H29N3S. The molecule has 3 nitrogen and oxygen atoms in total. The van der Waals surface area contributed by atoms with Gasteiger partial charge >= 0.3 is 0 Å². The van der Waals surface area contributed by atoms with Gasteiger partial charge in [-0.15, -0.1) is 11.3 Å². The molecule has 114 valence electrons. The summed E-state index contributed by atoms with van der Waals surface area (Å²) in [5.74, 6) is 0.847. The van der Waals surface area contributed by atoms with Crippen molar-refractivity contribution in [3.05, 3.63) is 16.1 Å². The van der Waals surface area contributed by atoms with Crippen LogP contribution in [-0.4, -0.2) is 36.1 Å². The average molecular weight is 295 g/mol. The lowest BCUT2D eigenvalue weighted by Gasteiger charge is -2.31. The Morgan fingerprint density at radius 3 is 2.60 bits per heavy atom. The predicted molar refractivity (Wildman–Crippen MR) is 87.4 cm³/mol. The van der Waals surface area contributed by atoms with Gasteiger partial charge in [0.1, 0.15) is 5.01 Å². The number of thiazole rings is 1. The number of hydrogen-bond donors (Lipinski definition) is 1. The Balaban J connectivity index is 1.70. The first-order valence-electron chi connectivity index (χ1n) is 7.87. The van der Waals surface area contributed by atoms with Crippen LogP contribution in [0.4, 0.5) is 0 Å². The summed E-state index contributed by atoms with van der Waals surface area (Å²) >= 11 is 1.79. The number of aromatic nitrogens is 1. The molecule has 0 atom stereocenters. The Labute approximate surface area is 127 Å². The van der Waals surface area contributed by atoms with Gasteiger partial charge in [-0.3, -0.25) is 0 Å². The third-order valence-electron chi connectivity index (χ3n) is 4.18. The van der Waals surface area contributed by atoms with E-state index >= 15 is 0 Å². The second-order valence-electron chi connectivity index (χ2n) is 6.89. The van der Waals surface area contributed by atoms with E-state index in [9.17, 15) is 0 Å². The molecule has 4 heteroatoms. The highest BCUT2D eigenvalue weighted by Gasteiger charge is 2.19. The minimum Gasteiger partial charge on any atom is -0.310 e. The molecule has 0 spiro atoms. The fourth-order valence-electron chi connectivity index (χ4n) is 2.63. The third-order valence-corrected chi connectivity index (χ3v) is 5.03. The van der Waals surface area contributed by atoms with Crippen LogP contribution in [0.25, 0.3) is 0 Å². The van der Waals surface area contributed by atoms with E-state index in [1.54, 1.807) is 11.3 Å². The van der Waals surface area contributed by atoms with Crippen LogP contribution < -0.4 is 5.32 Å². The number of piperidine rings is 1. The Hall–Kier alpha value is -0.450.